The molecule has 0 bridgehead atoms. The van der Waals surface area contributed by atoms with E-state index in [1.54, 1.807) is 0 Å². The number of hydrogen-bond acceptors (Lipinski definition) is 1. The molecule has 0 amide bonds. The van der Waals surface area contributed by atoms with Gasteiger partial charge in [0.1, 0.15) is 28.9 Å². The molecule has 0 saturated carbocycles. The Balaban J connectivity index is 0.00000353. The minimum absolute atomic E-state index is 0. The van der Waals surface area contributed by atoms with Crippen molar-refractivity contribution in [3.8, 4) is 5.75 Å². The van der Waals surface area contributed by atoms with Crippen molar-refractivity contribution in [3.63, 3.8) is 0 Å². The van der Waals surface area contributed by atoms with Gasteiger partial charge in [-0.1, -0.05) is 97.1 Å². The maximum atomic E-state index is 5.88. The van der Waals surface area contributed by atoms with E-state index in [1.165, 1.54) is 39.9 Å². The van der Waals surface area contributed by atoms with Gasteiger partial charge in [-0.05, 0) is 85.3 Å². The molecule has 39 heavy (non-hydrogen) atoms. The summed E-state index contributed by atoms with van der Waals surface area (Å²) in [5, 5.41) is 4.33. The third-order valence-electron chi connectivity index (χ3n) is 7.13. The summed E-state index contributed by atoms with van der Waals surface area (Å²) in [7, 11) is -1.91. The van der Waals surface area contributed by atoms with Gasteiger partial charge in [-0.2, -0.15) is 0 Å². The summed E-state index contributed by atoms with van der Waals surface area (Å²) in [6, 6.07) is 52.9. The molecule has 0 unspecified atom stereocenters. The van der Waals surface area contributed by atoms with Gasteiger partial charge < -0.3 is 21.7 Å². The van der Waals surface area contributed by atoms with Crippen molar-refractivity contribution in [1.29, 1.82) is 0 Å². The number of rotatable bonds is 12. The molecule has 0 atom stereocenters. The van der Waals surface area contributed by atoms with Crippen molar-refractivity contribution in [1.82, 2.24) is 0 Å². The van der Waals surface area contributed by atoms with Crippen LogP contribution in [0.15, 0.2) is 146 Å². The average Bonchev–Trinajstić information content (AvgIpc) is 3.00. The molecule has 5 aromatic carbocycles. The molecule has 0 N–H and O–H groups in total. The molecule has 0 radical (unpaired) electrons. The standard InChI is InChI=1S/C36H36OP.BrH/c1-6-18-32(19-7-1)30-38(34-23-11-3-12-24-34,35-25-13-4-14-26-35)36-27-16-20-31(29-36)17-8-5-15-28-37-33-21-9-2-10-22-33;/h1-4,6-7,9-14,16,18-27,29H,5,8,15,17,28,30H2;1H/q+1;/p-1. The van der Waals surface area contributed by atoms with Gasteiger partial charge in [-0.15, -0.1) is 0 Å². The number of halogens is 1. The minimum atomic E-state index is -1.91. The Morgan fingerprint density at radius 2 is 0.974 bits per heavy atom. The van der Waals surface area contributed by atoms with Gasteiger partial charge in [-0.3, -0.25) is 0 Å². The number of aryl methyl sites for hydroxylation is 1. The Labute approximate surface area is 245 Å². The summed E-state index contributed by atoms with van der Waals surface area (Å²) < 4.78 is 5.88. The van der Waals surface area contributed by atoms with E-state index in [0.717, 1.165) is 31.4 Å². The molecule has 0 heterocycles. The second-order valence-electron chi connectivity index (χ2n) is 9.77. The Morgan fingerprint density at radius 3 is 1.59 bits per heavy atom. The molecule has 0 saturated heterocycles. The predicted octanol–water partition coefficient (Wildman–Crippen LogP) is 4.98. The van der Waals surface area contributed by atoms with Gasteiger partial charge in [0.15, 0.2) is 0 Å². The van der Waals surface area contributed by atoms with Gasteiger partial charge in [0.25, 0.3) is 0 Å². The molecule has 0 aliphatic heterocycles. The monoisotopic (exact) mass is 594 g/mol. The van der Waals surface area contributed by atoms with Crippen LogP contribution >= 0.6 is 7.26 Å². The summed E-state index contributed by atoms with van der Waals surface area (Å²) in [6.45, 7) is 0.776. The highest BCUT2D eigenvalue weighted by Gasteiger charge is 2.45. The van der Waals surface area contributed by atoms with E-state index < -0.39 is 7.26 Å². The van der Waals surface area contributed by atoms with E-state index in [2.05, 4.69) is 115 Å². The van der Waals surface area contributed by atoms with Gasteiger partial charge in [0.2, 0.25) is 0 Å². The molecular formula is C36H36BrOP. The fourth-order valence-electron chi connectivity index (χ4n) is 5.21. The van der Waals surface area contributed by atoms with E-state index in [1.807, 2.05) is 30.3 Å². The van der Waals surface area contributed by atoms with Crippen molar-refractivity contribution in [2.45, 2.75) is 31.8 Å². The first-order valence-electron chi connectivity index (χ1n) is 13.7. The second-order valence-corrected chi connectivity index (χ2v) is 13.3. The van der Waals surface area contributed by atoms with Gasteiger partial charge in [0, 0.05) is 0 Å². The fraction of sp³-hybridized carbons (Fsp3) is 0.167. The van der Waals surface area contributed by atoms with Crippen LogP contribution in [-0.4, -0.2) is 6.61 Å². The molecule has 0 aliphatic rings. The van der Waals surface area contributed by atoms with Crippen molar-refractivity contribution < 1.29 is 21.7 Å². The summed E-state index contributed by atoms with van der Waals surface area (Å²) in [4.78, 5) is 0. The first-order valence-corrected chi connectivity index (χ1v) is 15.6. The minimum Gasteiger partial charge on any atom is -1.00 e. The van der Waals surface area contributed by atoms with Crippen LogP contribution in [0.25, 0.3) is 0 Å². The lowest BCUT2D eigenvalue weighted by Gasteiger charge is -2.28. The lowest BCUT2D eigenvalue weighted by Crippen LogP contribution is -3.00. The zero-order chi connectivity index (χ0) is 25.9. The van der Waals surface area contributed by atoms with E-state index in [4.69, 9.17) is 4.74 Å². The van der Waals surface area contributed by atoms with Crippen LogP contribution in [0.4, 0.5) is 0 Å². The van der Waals surface area contributed by atoms with Crippen LogP contribution in [0, 0.1) is 0 Å². The number of ether oxygens (including phenoxy) is 1. The Bertz CT molecular complexity index is 1340. The molecule has 5 aromatic rings. The van der Waals surface area contributed by atoms with E-state index in [9.17, 15) is 0 Å². The quantitative estimate of drug-likeness (QED) is 0.146. The maximum Gasteiger partial charge on any atom is 0.119 e. The first kappa shape index (κ1) is 28.8. The molecule has 3 heteroatoms. The summed E-state index contributed by atoms with van der Waals surface area (Å²) in [6.07, 6.45) is 5.52. The molecule has 198 valence electrons. The highest BCUT2D eigenvalue weighted by Crippen LogP contribution is 2.58. The van der Waals surface area contributed by atoms with Crippen LogP contribution in [-0.2, 0) is 12.6 Å². The van der Waals surface area contributed by atoms with Crippen molar-refractivity contribution in [2.24, 2.45) is 0 Å². The van der Waals surface area contributed by atoms with Crippen molar-refractivity contribution in [3.05, 3.63) is 157 Å². The Morgan fingerprint density at radius 1 is 0.462 bits per heavy atom. The largest absolute Gasteiger partial charge is 1.00 e. The Hall–Kier alpha value is -3.19. The zero-order valence-corrected chi connectivity index (χ0v) is 24.8. The van der Waals surface area contributed by atoms with E-state index in [0.29, 0.717) is 0 Å². The summed E-state index contributed by atoms with van der Waals surface area (Å²) >= 11 is 0. The molecule has 0 fully saturated rings. The Kier molecular flexibility index (Phi) is 11.0. The highest BCUT2D eigenvalue weighted by molar-refractivity contribution is 7.95. The molecule has 0 spiro atoms. The number of hydrogen-bond donors (Lipinski definition) is 0. The normalized spacial score (nSPS) is 11.0. The smallest absolute Gasteiger partial charge is 0.119 e. The van der Waals surface area contributed by atoms with E-state index >= 15 is 0 Å². The SMILES string of the molecule is [Br-].c1ccc(C[P+](c2ccccc2)(c2ccccc2)c2cccc(CCCCCOc3ccccc3)c2)cc1. The third kappa shape index (κ3) is 7.47. The second kappa shape index (κ2) is 14.8. The van der Waals surface area contributed by atoms with Crippen LogP contribution in [0.1, 0.15) is 30.4 Å². The van der Waals surface area contributed by atoms with Crippen molar-refractivity contribution in [2.75, 3.05) is 6.61 Å². The van der Waals surface area contributed by atoms with Crippen LogP contribution in [0.5, 0.6) is 5.75 Å². The van der Waals surface area contributed by atoms with Gasteiger partial charge in [0.05, 0.1) is 12.8 Å². The average molecular weight is 596 g/mol. The predicted molar refractivity (Wildman–Crippen MR) is 165 cm³/mol. The molecule has 1 nitrogen and oxygen atoms in total. The molecular weight excluding hydrogens is 559 g/mol. The molecule has 0 aliphatic carbocycles. The van der Waals surface area contributed by atoms with Gasteiger partial charge >= 0.3 is 0 Å². The third-order valence-corrected chi connectivity index (χ3v) is 11.5. The summed E-state index contributed by atoms with van der Waals surface area (Å²) in [5.41, 5.74) is 2.81. The summed E-state index contributed by atoms with van der Waals surface area (Å²) in [5.74, 6) is 0.959. The molecule has 0 aromatic heterocycles. The lowest BCUT2D eigenvalue weighted by molar-refractivity contribution is -0.00000795. The fourth-order valence-corrected chi connectivity index (χ4v) is 9.50. The molecule has 5 rings (SSSR count). The zero-order valence-electron chi connectivity index (χ0n) is 22.3. The van der Waals surface area contributed by atoms with Gasteiger partial charge in [-0.25, -0.2) is 0 Å². The maximum absolute atomic E-state index is 5.88. The van der Waals surface area contributed by atoms with Crippen molar-refractivity contribution >= 4 is 23.2 Å². The highest BCUT2D eigenvalue weighted by atomic mass is 79.9. The van der Waals surface area contributed by atoms with Crippen LogP contribution in [0.2, 0.25) is 0 Å². The van der Waals surface area contributed by atoms with Crippen LogP contribution in [0.3, 0.4) is 0 Å². The first-order chi connectivity index (χ1) is 18.8. The lowest BCUT2D eigenvalue weighted by atomic mass is 10.1. The number of para-hydroxylation sites is 1. The number of benzene rings is 5. The van der Waals surface area contributed by atoms with Crippen LogP contribution < -0.4 is 37.6 Å². The van der Waals surface area contributed by atoms with E-state index in [-0.39, 0.29) is 17.0 Å². The topological polar surface area (TPSA) is 9.23 Å². The number of unbranched alkanes of at least 4 members (excludes halogenated alkanes) is 2.